The smallest absolute Gasteiger partial charge is 0.328 e. The summed E-state index contributed by atoms with van der Waals surface area (Å²) in [6.45, 7) is 5.99. The van der Waals surface area contributed by atoms with E-state index in [2.05, 4.69) is 5.32 Å². The number of benzene rings is 1. The summed E-state index contributed by atoms with van der Waals surface area (Å²) in [5.74, 6) is -0.249. The van der Waals surface area contributed by atoms with Gasteiger partial charge >= 0.3 is 5.97 Å². The van der Waals surface area contributed by atoms with E-state index in [1.165, 1.54) is 7.11 Å². The van der Waals surface area contributed by atoms with Crippen LogP contribution in [0, 0.1) is 12.8 Å². The third-order valence-electron chi connectivity index (χ3n) is 2.98. The van der Waals surface area contributed by atoms with Crippen LogP contribution in [0.5, 0.6) is 0 Å². The fourth-order valence-corrected chi connectivity index (χ4v) is 2.08. The predicted molar refractivity (Wildman–Crippen MR) is 78.3 cm³/mol. The van der Waals surface area contributed by atoms with Gasteiger partial charge in [-0.1, -0.05) is 43.7 Å². The fourth-order valence-electron chi connectivity index (χ4n) is 2.08. The van der Waals surface area contributed by atoms with Crippen LogP contribution in [0.2, 0.25) is 0 Å². The van der Waals surface area contributed by atoms with E-state index < -0.39 is 12.0 Å². The second-order valence-electron chi connectivity index (χ2n) is 5.44. The molecule has 1 amide bonds. The summed E-state index contributed by atoms with van der Waals surface area (Å²) in [4.78, 5) is 23.7. The molecule has 0 aliphatic rings. The Kier molecular flexibility index (Phi) is 6.22. The first-order chi connectivity index (χ1) is 9.42. The summed E-state index contributed by atoms with van der Waals surface area (Å²) in [6.07, 6.45) is 0.847. The molecule has 0 aliphatic heterocycles. The van der Waals surface area contributed by atoms with E-state index in [9.17, 15) is 9.59 Å². The van der Waals surface area contributed by atoms with E-state index >= 15 is 0 Å². The van der Waals surface area contributed by atoms with Crippen LogP contribution in [0.1, 0.15) is 31.4 Å². The average molecular weight is 277 g/mol. The third kappa shape index (κ3) is 5.43. The molecule has 1 rings (SSSR count). The lowest BCUT2D eigenvalue weighted by Gasteiger charge is -2.18. The van der Waals surface area contributed by atoms with Crippen LogP contribution < -0.4 is 5.32 Å². The van der Waals surface area contributed by atoms with Gasteiger partial charge in [-0.25, -0.2) is 4.79 Å². The van der Waals surface area contributed by atoms with E-state index in [1.54, 1.807) is 0 Å². The number of hydrogen-bond donors (Lipinski definition) is 1. The highest BCUT2D eigenvalue weighted by atomic mass is 16.5. The van der Waals surface area contributed by atoms with Crippen LogP contribution >= 0.6 is 0 Å². The van der Waals surface area contributed by atoms with Gasteiger partial charge in [-0.3, -0.25) is 4.79 Å². The molecule has 20 heavy (non-hydrogen) atoms. The van der Waals surface area contributed by atoms with Crippen LogP contribution in [-0.2, 0) is 20.7 Å². The van der Waals surface area contributed by atoms with Crippen molar-refractivity contribution in [3.05, 3.63) is 35.4 Å². The second kappa shape index (κ2) is 7.68. The van der Waals surface area contributed by atoms with E-state index in [0.717, 1.165) is 11.1 Å². The molecule has 0 heterocycles. The van der Waals surface area contributed by atoms with Crippen molar-refractivity contribution in [3.63, 3.8) is 0 Å². The topological polar surface area (TPSA) is 55.4 Å². The summed E-state index contributed by atoms with van der Waals surface area (Å²) in [6, 6.07) is 7.20. The van der Waals surface area contributed by atoms with Gasteiger partial charge in [0, 0.05) is 0 Å². The summed E-state index contributed by atoms with van der Waals surface area (Å²) in [5, 5.41) is 2.75. The molecule has 1 unspecified atom stereocenters. The van der Waals surface area contributed by atoms with E-state index in [4.69, 9.17) is 4.74 Å². The molecule has 0 spiro atoms. The number of hydrogen-bond acceptors (Lipinski definition) is 3. The Labute approximate surface area is 120 Å². The van der Waals surface area contributed by atoms with E-state index in [0.29, 0.717) is 12.3 Å². The van der Waals surface area contributed by atoms with Crippen molar-refractivity contribution in [3.8, 4) is 0 Å². The molecule has 0 saturated carbocycles. The van der Waals surface area contributed by atoms with Gasteiger partial charge in [0.05, 0.1) is 13.5 Å². The minimum absolute atomic E-state index is 0.161. The molecular weight excluding hydrogens is 254 g/mol. The Bertz CT molecular complexity index is 469. The van der Waals surface area contributed by atoms with Gasteiger partial charge in [0.2, 0.25) is 5.91 Å². The van der Waals surface area contributed by atoms with Crippen molar-refractivity contribution in [1.82, 2.24) is 5.32 Å². The van der Waals surface area contributed by atoms with Crippen molar-refractivity contribution in [2.24, 2.45) is 5.92 Å². The van der Waals surface area contributed by atoms with Gasteiger partial charge in [0.25, 0.3) is 0 Å². The quantitative estimate of drug-likeness (QED) is 0.811. The van der Waals surface area contributed by atoms with Gasteiger partial charge < -0.3 is 10.1 Å². The molecule has 0 fully saturated rings. The lowest BCUT2D eigenvalue weighted by atomic mass is 10.0. The Hall–Kier alpha value is -1.84. The number of carbonyl (C=O) groups excluding carboxylic acids is 2. The molecule has 0 bridgehead atoms. The first kappa shape index (κ1) is 16.2. The van der Waals surface area contributed by atoms with Gasteiger partial charge in [-0.2, -0.15) is 0 Å². The van der Waals surface area contributed by atoms with Crippen molar-refractivity contribution < 1.29 is 14.3 Å². The fraction of sp³-hybridized carbons (Fsp3) is 0.500. The molecule has 0 radical (unpaired) electrons. The molecule has 1 atom stereocenters. The van der Waals surface area contributed by atoms with Crippen LogP contribution in [-0.4, -0.2) is 25.0 Å². The predicted octanol–water partition coefficient (Wildman–Crippen LogP) is 2.24. The highest BCUT2D eigenvalue weighted by Gasteiger charge is 2.22. The zero-order valence-corrected chi connectivity index (χ0v) is 12.6. The van der Waals surface area contributed by atoms with Crippen molar-refractivity contribution in [2.75, 3.05) is 7.11 Å². The highest BCUT2D eigenvalue weighted by molar-refractivity contribution is 5.85. The molecule has 0 saturated heterocycles. The molecule has 4 heteroatoms. The monoisotopic (exact) mass is 277 g/mol. The number of rotatable bonds is 6. The Morgan fingerprint density at radius 2 is 2.00 bits per heavy atom. The standard InChI is InChI=1S/C16H23NO3/c1-11(2)8-14(16(19)20-4)17-15(18)10-13-7-5-6-12(3)9-13/h5-7,9,11,14H,8,10H2,1-4H3,(H,17,18). The second-order valence-corrected chi connectivity index (χ2v) is 5.44. The molecular formula is C16H23NO3. The van der Waals surface area contributed by atoms with Crippen molar-refractivity contribution >= 4 is 11.9 Å². The third-order valence-corrected chi connectivity index (χ3v) is 2.98. The zero-order valence-electron chi connectivity index (χ0n) is 12.6. The molecule has 0 aliphatic carbocycles. The van der Waals surface area contributed by atoms with Crippen molar-refractivity contribution in [1.29, 1.82) is 0 Å². The summed E-state index contributed by atoms with van der Waals surface area (Å²) in [7, 11) is 1.34. The maximum Gasteiger partial charge on any atom is 0.328 e. The lowest BCUT2D eigenvalue weighted by molar-refractivity contribution is -0.145. The average Bonchev–Trinajstić information content (AvgIpc) is 2.36. The number of carbonyl (C=O) groups is 2. The Balaban J connectivity index is 2.64. The Morgan fingerprint density at radius 3 is 2.55 bits per heavy atom. The summed E-state index contributed by atoms with van der Waals surface area (Å²) < 4.78 is 4.73. The van der Waals surface area contributed by atoms with Gasteiger partial charge in [-0.15, -0.1) is 0 Å². The first-order valence-electron chi connectivity index (χ1n) is 6.85. The van der Waals surface area contributed by atoms with E-state index in [1.807, 2.05) is 45.0 Å². The number of esters is 1. The molecule has 110 valence electrons. The molecule has 1 N–H and O–H groups in total. The first-order valence-corrected chi connectivity index (χ1v) is 6.85. The SMILES string of the molecule is COC(=O)C(CC(C)C)NC(=O)Cc1cccc(C)c1. The number of methoxy groups -OCH3 is 1. The van der Waals surface area contributed by atoms with Crippen molar-refractivity contribution in [2.45, 2.75) is 39.7 Å². The molecule has 1 aromatic carbocycles. The lowest BCUT2D eigenvalue weighted by Crippen LogP contribution is -2.43. The van der Waals surface area contributed by atoms with Gasteiger partial charge in [0.15, 0.2) is 0 Å². The minimum atomic E-state index is -0.572. The highest BCUT2D eigenvalue weighted by Crippen LogP contribution is 2.08. The van der Waals surface area contributed by atoms with Crippen LogP contribution in [0.15, 0.2) is 24.3 Å². The summed E-state index contributed by atoms with van der Waals surface area (Å²) in [5.41, 5.74) is 2.05. The van der Waals surface area contributed by atoms with E-state index in [-0.39, 0.29) is 12.3 Å². The maximum atomic E-state index is 12.0. The molecule has 1 aromatic rings. The normalized spacial score (nSPS) is 12.1. The molecule has 4 nitrogen and oxygen atoms in total. The minimum Gasteiger partial charge on any atom is -0.467 e. The van der Waals surface area contributed by atoms with Gasteiger partial charge in [0.1, 0.15) is 6.04 Å². The largest absolute Gasteiger partial charge is 0.467 e. The van der Waals surface area contributed by atoms with Crippen LogP contribution in [0.4, 0.5) is 0 Å². The number of nitrogens with one attached hydrogen (secondary N) is 1. The Morgan fingerprint density at radius 1 is 1.30 bits per heavy atom. The molecule has 0 aromatic heterocycles. The summed E-state index contributed by atoms with van der Waals surface area (Å²) >= 11 is 0. The number of amides is 1. The zero-order chi connectivity index (χ0) is 15.1. The maximum absolute atomic E-state index is 12.0. The van der Waals surface area contributed by atoms with Crippen LogP contribution in [0.3, 0.4) is 0 Å². The number of aryl methyl sites for hydroxylation is 1. The van der Waals surface area contributed by atoms with Crippen LogP contribution in [0.25, 0.3) is 0 Å². The number of ether oxygens (including phenoxy) is 1. The van der Waals surface area contributed by atoms with Gasteiger partial charge in [-0.05, 0) is 24.8 Å².